The second-order valence-corrected chi connectivity index (χ2v) is 5.41. The molecule has 0 radical (unpaired) electrons. The van der Waals surface area contributed by atoms with E-state index in [1.165, 1.54) is 24.0 Å². The lowest BCUT2D eigenvalue weighted by Crippen LogP contribution is -2.25. The van der Waals surface area contributed by atoms with Gasteiger partial charge in [-0.25, -0.2) is 4.39 Å². The van der Waals surface area contributed by atoms with Crippen molar-refractivity contribution in [2.24, 2.45) is 0 Å². The summed E-state index contributed by atoms with van der Waals surface area (Å²) < 4.78 is 13.5. The van der Waals surface area contributed by atoms with Crippen molar-refractivity contribution in [1.82, 2.24) is 5.32 Å². The minimum atomic E-state index is -0.139. The van der Waals surface area contributed by atoms with Crippen LogP contribution in [0.2, 0.25) is 0 Å². The lowest BCUT2D eigenvalue weighted by Gasteiger charge is -2.26. The quantitative estimate of drug-likeness (QED) is 0.759. The van der Waals surface area contributed by atoms with Crippen LogP contribution in [0.5, 0.6) is 0 Å². The van der Waals surface area contributed by atoms with E-state index in [0.29, 0.717) is 0 Å². The van der Waals surface area contributed by atoms with Crippen LogP contribution in [0, 0.1) is 12.7 Å². The molecule has 0 spiro atoms. The third-order valence-electron chi connectivity index (χ3n) is 3.85. The zero-order valence-electron chi connectivity index (χ0n) is 12.0. The predicted octanol–water partition coefficient (Wildman–Crippen LogP) is 4.68. The van der Waals surface area contributed by atoms with Gasteiger partial charge in [0.25, 0.3) is 0 Å². The van der Waals surface area contributed by atoms with Crippen LogP contribution in [0.15, 0.2) is 29.8 Å². The van der Waals surface area contributed by atoms with Crippen molar-refractivity contribution < 1.29 is 4.39 Å². The number of allylic oxidation sites excluding steroid dienone is 1. The molecule has 104 valence electrons. The van der Waals surface area contributed by atoms with Crippen LogP contribution in [0.3, 0.4) is 0 Å². The zero-order chi connectivity index (χ0) is 13.7. The predicted molar refractivity (Wildman–Crippen MR) is 78.7 cm³/mol. The molecule has 1 aliphatic rings. The van der Waals surface area contributed by atoms with Crippen molar-refractivity contribution in [2.45, 2.75) is 52.0 Å². The first-order valence-corrected chi connectivity index (χ1v) is 7.40. The molecule has 0 amide bonds. The Kier molecular flexibility index (Phi) is 5.15. The van der Waals surface area contributed by atoms with E-state index in [9.17, 15) is 4.39 Å². The highest BCUT2D eigenvalue weighted by Gasteiger charge is 2.19. The van der Waals surface area contributed by atoms with Gasteiger partial charge in [-0.3, -0.25) is 0 Å². The maximum Gasteiger partial charge on any atom is 0.123 e. The number of aryl methyl sites for hydroxylation is 1. The lowest BCUT2D eigenvalue weighted by molar-refractivity contribution is 0.540. The van der Waals surface area contributed by atoms with Crippen LogP contribution < -0.4 is 5.32 Å². The Labute approximate surface area is 115 Å². The largest absolute Gasteiger partial charge is 0.307 e. The summed E-state index contributed by atoms with van der Waals surface area (Å²) in [6.45, 7) is 5.20. The average Bonchev–Trinajstić information content (AvgIpc) is 2.44. The Morgan fingerprint density at radius 1 is 1.32 bits per heavy atom. The van der Waals surface area contributed by atoms with E-state index in [-0.39, 0.29) is 11.9 Å². The van der Waals surface area contributed by atoms with E-state index < -0.39 is 0 Å². The maximum atomic E-state index is 13.5. The summed E-state index contributed by atoms with van der Waals surface area (Å²) in [5.41, 5.74) is 3.71. The smallest absolute Gasteiger partial charge is 0.123 e. The molecule has 1 nitrogen and oxygen atoms in total. The summed E-state index contributed by atoms with van der Waals surface area (Å²) in [7, 11) is 0. The van der Waals surface area contributed by atoms with E-state index in [0.717, 1.165) is 31.4 Å². The molecule has 1 unspecified atom stereocenters. The number of benzene rings is 1. The molecular weight excluding hydrogens is 237 g/mol. The number of nitrogens with one attached hydrogen (secondary N) is 1. The number of rotatable bonds is 5. The second-order valence-electron chi connectivity index (χ2n) is 5.41. The molecular formula is C17H24FN. The average molecular weight is 261 g/mol. The van der Waals surface area contributed by atoms with Gasteiger partial charge in [0.15, 0.2) is 0 Å². The zero-order valence-corrected chi connectivity index (χ0v) is 12.0. The standard InChI is InChI=1S/C17H24FN/c1-3-11-19-17(14-7-5-4-6-8-14)16-12-15(18)10-9-13(16)2/h7,9-10,12,17,19H,3-6,8,11H2,1-2H3. The molecule has 0 heterocycles. The molecule has 0 saturated carbocycles. The normalized spacial score (nSPS) is 17.1. The van der Waals surface area contributed by atoms with Crippen LogP contribution in [0.1, 0.15) is 56.2 Å². The molecule has 2 rings (SSSR count). The molecule has 0 fully saturated rings. The van der Waals surface area contributed by atoms with Gasteiger partial charge in [0.05, 0.1) is 6.04 Å². The summed E-state index contributed by atoms with van der Waals surface area (Å²) >= 11 is 0. The molecule has 1 atom stereocenters. The Morgan fingerprint density at radius 3 is 2.84 bits per heavy atom. The summed E-state index contributed by atoms with van der Waals surface area (Å²) in [6.07, 6.45) is 8.28. The Hall–Kier alpha value is -1.15. The number of hydrogen-bond acceptors (Lipinski definition) is 1. The van der Waals surface area contributed by atoms with Gasteiger partial charge in [0, 0.05) is 0 Å². The fourth-order valence-corrected chi connectivity index (χ4v) is 2.78. The van der Waals surface area contributed by atoms with E-state index in [1.54, 1.807) is 12.1 Å². The highest BCUT2D eigenvalue weighted by molar-refractivity contribution is 5.35. The van der Waals surface area contributed by atoms with Gasteiger partial charge < -0.3 is 5.32 Å². The Morgan fingerprint density at radius 2 is 2.16 bits per heavy atom. The monoisotopic (exact) mass is 261 g/mol. The van der Waals surface area contributed by atoms with E-state index >= 15 is 0 Å². The van der Waals surface area contributed by atoms with Gasteiger partial charge in [0.2, 0.25) is 0 Å². The van der Waals surface area contributed by atoms with Crippen LogP contribution >= 0.6 is 0 Å². The molecule has 1 aromatic rings. The van der Waals surface area contributed by atoms with Crippen LogP contribution in [-0.2, 0) is 0 Å². The summed E-state index contributed by atoms with van der Waals surface area (Å²) in [4.78, 5) is 0. The van der Waals surface area contributed by atoms with E-state index in [4.69, 9.17) is 0 Å². The summed E-state index contributed by atoms with van der Waals surface area (Å²) in [6, 6.07) is 5.31. The second kappa shape index (κ2) is 6.85. The Bertz CT molecular complexity index is 451. The van der Waals surface area contributed by atoms with Crippen LogP contribution in [0.25, 0.3) is 0 Å². The van der Waals surface area contributed by atoms with Crippen molar-refractivity contribution in [3.63, 3.8) is 0 Å². The van der Waals surface area contributed by atoms with Crippen molar-refractivity contribution in [1.29, 1.82) is 0 Å². The number of halogens is 1. The van der Waals surface area contributed by atoms with Crippen molar-refractivity contribution in [3.05, 3.63) is 46.8 Å². The van der Waals surface area contributed by atoms with Gasteiger partial charge in [-0.05, 0) is 68.8 Å². The summed E-state index contributed by atoms with van der Waals surface area (Å²) in [5, 5.41) is 3.59. The van der Waals surface area contributed by atoms with Crippen LogP contribution in [-0.4, -0.2) is 6.54 Å². The minimum Gasteiger partial charge on any atom is -0.307 e. The van der Waals surface area contributed by atoms with Crippen molar-refractivity contribution in [3.8, 4) is 0 Å². The minimum absolute atomic E-state index is 0.139. The molecule has 1 N–H and O–H groups in total. The molecule has 0 aliphatic heterocycles. The maximum absolute atomic E-state index is 13.5. The first-order valence-electron chi connectivity index (χ1n) is 7.40. The van der Waals surface area contributed by atoms with Gasteiger partial charge in [-0.1, -0.05) is 24.6 Å². The molecule has 0 bridgehead atoms. The Balaban J connectivity index is 2.30. The SMILES string of the molecule is CCCNC(C1=CCCCC1)c1cc(F)ccc1C. The third kappa shape index (κ3) is 3.66. The topological polar surface area (TPSA) is 12.0 Å². The van der Waals surface area contributed by atoms with Gasteiger partial charge in [-0.15, -0.1) is 0 Å². The summed E-state index contributed by atoms with van der Waals surface area (Å²) in [5.74, 6) is -0.139. The van der Waals surface area contributed by atoms with E-state index in [2.05, 4.69) is 25.2 Å². The molecule has 2 heteroatoms. The molecule has 1 aromatic carbocycles. The van der Waals surface area contributed by atoms with Crippen LogP contribution in [0.4, 0.5) is 4.39 Å². The van der Waals surface area contributed by atoms with Crippen molar-refractivity contribution >= 4 is 0 Å². The van der Waals surface area contributed by atoms with Gasteiger partial charge in [-0.2, -0.15) is 0 Å². The molecule has 0 aromatic heterocycles. The fraction of sp³-hybridized carbons (Fsp3) is 0.529. The molecule has 1 aliphatic carbocycles. The van der Waals surface area contributed by atoms with Gasteiger partial charge >= 0.3 is 0 Å². The fourth-order valence-electron chi connectivity index (χ4n) is 2.78. The lowest BCUT2D eigenvalue weighted by atomic mass is 9.88. The first kappa shape index (κ1) is 14.3. The highest BCUT2D eigenvalue weighted by atomic mass is 19.1. The molecule has 19 heavy (non-hydrogen) atoms. The third-order valence-corrected chi connectivity index (χ3v) is 3.85. The molecule has 0 saturated heterocycles. The number of hydrogen-bond donors (Lipinski definition) is 1. The van der Waals surface area contributed by atoms with Gasteiger partial charge in [0.1, 0.15) is 5.82 Å². The first-order chi connectivity index (χ1) is 9.22. The van der Waals surface area contributed by atoms with Crippen molar-refractivity contribution in [2.75, 3.05) is 6.54 Å². The van der Waals surface area contributed by atoms with E-state index in [1.807, 2.05) is 6.07 Å². The highest BCUT2D eigenvalue weighted by Crippen LogP contribution is 2.31.